The molecule has 0 saturated heterocycles. The number of nitrogens with zero attached hydrogens (tertiary/aromatic N) is 2. The van der Waals surface area contributed by atoms with Crippen molar-refractivity contribution >= 4 is 33.1 Å². The van der Waals surface area contributed by atoms with Gasteiger partial charge in [0.2, 0.25) is 4.34 Å². The summed E-state index contributed by atoms with van der Waals surface area (Å²) in [5.74, 6) is 0. The second-order valence-electron chi connectivity index (χ2n) is 9.13. The van der Waals surface area contributed by atoms with Gasteiger partial charge in [0.05, 0.1) is 16.5 Å². The number of hydrogen-bond donors (Lipinski definition) is 3. The average Bonchev–Trinajstić information content (AvgIpc) is 3.54. The predicted molar refractivity (Wildman–Crippen MR) is 124 cm³/mol. The van der Waals surface area contributed by atoms with Crippen molar-refractivity contribution < 1.29 is 18.3 Å². The molecule has 33 heavy (non-hydrogen) atoms. The average molecular weight is 487 g/mol. The number of benzene rings is 1. The molecule has 5 rings (SSSR count). The number of urea groups is 1. The number of fused-ring (bicyclic) bond motifs is 2. The van der Waals surface area contributed by atoms with Crippen LogP contribution in [0.4, 0.5) is 10.5 Å². The molecule has 10 heteroatoms. The number of nitrogens with one attached hydrogen (secondary N) is 2. The van der Waals surface area contributed by atoms with Crippen LogP contribution in [0.5, 0.6) is 0 Å². The normalized spacial score (nSPS) is 18.9. The molecule has 2 amide bonds. The van der Waals surface area contributed by atoms with E-state index in [4.69, 9.17) is 0 Å². The quantitative estimate of drug-likeness (QED) is 0.604. The van der Waals surface area contributed by atoms with Crippen molar-refractivity contribution in [3.63, 3.8) is 0 Å². The highest BCUT2D eigenvalue weighted by molar-refractivity contribution is 7.92. The van der Waals surface area contributed by atoms with E-state index in [0.717, 1.165) is 96.9 Å². The lowest BCUT2D eigenvalue weighted by atomic mass is 9.84. The van der Waals surface area contributed by atoms with Crippen LogP contribution in [0.15, 0.2) is 10.5 Å². The summed E-state index contributed by atoms with van der Waals surface area (Å²) in [4.78, 5) is 17.3. The van der Waals surface area contributed by atoms with Crippen LogP contribution in [0.25, 0.3) is 0 Å². The molecule has 3 aliphatic rings. The molecule has 0 bridgehead atoms. The molecule has 2 aromatic rings. The number of rotatable bonds is 4. The Kier molecular flexibility index (Phi) is 5.67. The maximum atomic E-state index is 12.9. The Labute approximate surface area is 197 Å². The number of aliphatic hydroxyl groups is 1. The Morgan fingerprint density at radius 1 is 1.03 bits per heavy atom. The fourth-order valence-corrected chi connectivity index (χ4v) is 7.73. The first kappa shape index (κ1) is 22.3. The highest BCUT2D eigenvalue weighted by Crippen LogP contribution is 2.42. The van der Waals surface area contributed by atoms with Gasteiger partial charge >= 0.3 is 6.03 Å². The summed E-state index contributed by atoms with van der Waals surface area (Å²) < 4.78 is 27.6. The number of anilines is 1. The van der Waals surface area contributed by atoms with Gasteiger partial charge in [0.15, 0.2) is 0 Å². The van der Waals surface area contributed by atoms with Crippen LogP contribution < -0.4 is 10.0 Å². The zero-order chi connectivity index (χ0) is 23.2. The van der Waals surface area contributed by atoms with E-state index in [2.05, 4.69) is 21.1 Å². The molecule has 0 atom stereocenters. The van der Waals surface area contributed by atoms with Crippen molar-refractivity contribution in [3.8, 4) is 6.07 Å². The third-order valence-corrected chi connectivity index (χ3v) is 9.99. The Morgan fingerprint density at radius 2 is 1.64 bits per heavy atom. The van der Waals surface area contributed by atoms with E-state index in [0.29, 0.717) is 23.4 Å². The molecule has 0 spiro atoms. The summed E-state index contributed by atoms with van der Waals surface area (Å²) in [5.41, 5.74) is 4.24. The molecule has 1 fully saturated rings. The minimum Gasteiger partial charge on any atom is -0.384 e. The topological polar surface area (TPSA) is 132 Å². The van der Waals surface area contributed by atoms with Gasteiger partial charge in [0, 0.05) is 11.9 Å². The van der Waals surface area contributed by atoms with Crippen LogP contribution in [0.3, 0.4) is 0 Å². The van der Waals surface area contributed by atoms with E-state index < -0.39 is 21.7 Å². The minimum absolute atomic E-state index is 0.234. The van der Waals surface area contributed by atoms with Crippen molar-refractivity contribution in [2.75, 3.05) is 5.32 Å². The van der Waals surface area contributed by atoms with Gasteiger partial charge in [-0.15, -0.1) is 11.3 Å². The Balaban J connectivity index is 1.38. The molecule has 0 radical (unpaired) electrons. The second-order valence-corrected chi connectivity index (χ2v) is 12.0. The lowest BCUT2D eigenvalue weighted by molar-refractivity contribution is 0.00264. The fraction of sp³-hybridized carbons (Fsp3) is 0.522. The number of nitriles is 1. The Morgan fingerprint density at radius 3 is 2.24 bits per heavy atom. The molecule has 3 N–H and O–H groups in total. The predicted octanol–water partition coefficient (Wildman–Crippen LogP) is 3.65. The minimum atomic E-state index is -4.18. The Bertz CT molecular complexity index is 1240. The van der Waals surface area contributed by atoms with E-state index in [1.54, 1.807) is 0 Å². The number of carbonyl (C=O) groups is 1. The van der Waals surface area contributed by atoms with Gasteiger partial charge in [0.1, 0.15) is 5.60 Å². The first-order chi connectivity index (χ1) is 15.8. The molecule has 174 valence electrons. The SMILES string of the molecule is N#Cc1c2c(c(NC(=O)NS(=O)(=O)c3ncc(C4(O)CCCCC4)s3)c3c1CCC3)CCC2. The van der Waals surface area contributed by atoms with Crippen molar-refractivity contribution in [3.05, 3.63) is 38.9 Å². The second kappa shape index (κ2) is 8.38. The molecule has 1 heterocycles. The smallest absolute Gasteiger partial charge is 0.333 e. The molecule has 0 aliphatic heterocycles. The summed E-state index contributed by atoms with van der Waals surface area (Å²) in [5, 5.41) is 23.3. The third-order valence-electron chi connectivity index (χ3n) is 7.07. The molecular weight excluding hydrogens is 460 g/mol. The van der Waals surface area contributed by atoms with E-state index in [-0.39, 0.29) is 4.34 Å². The van der Waals surface area contributed by atoms with Gasteiger partial charge in [-0.05, 0) is 73.6 Å². The van der Waals surface area contributed by atoms with E-state index in [1.165, 1.54) is 6.20 Å². The van der Waals surface area contributed by atoms with E-state index in [9.17, 15) is 23.6 Å². The van der Waals surface area contributed by atoms with Gasteiger partial charge < -0.3 is 10.4 Å². The van der Waals surface area contributed by atoms with Crippen molar-refractivity contribution in [2.24, 2.45) is 0 Å². The zero-order valence-corrected chi connectivity index (χ0v) is 19.9. The van der Waals surface area contributed by atoms with Crippen LogP contribution in [-0.2, 0) is 41.3 Å². The van der Waals surface area contributed by atoms with Gasteiger partial charge in [0.25, 0.3) is 10.0 Å². The molecule has 1 aromatic heterocycles. The lowest BCUT2D eigenvalue weighted by Crippen LogP contribution is -2.35. The van der Waals surface area contributed by atoms with Crippen LogP contribution >= 0.6 is 11.3 Å². The lowest BCUT2D eigenvalue weighted by Gasteiger charge is -2.30. The summed E-state index contributed by atoms with van der Waals surface area (Å²) >= 11 is 0.911. The first-order valence-electron chi connectivity index (χ1n) is 11.4. The number of sulfonamides is 1. The van der Waals surface area contributed by atoms with Crippen LogP contribution in [0.2, 0.25) is 0 Å². The van der Waals surface area contributed by atoms with E-state index >= 15 is 0 Å². The van der Waals surface area contributed by atoms with Crippen molar-refractivity contribution in [1.82, 2.24) is 9.71 Å². The summed E-state index contributed by atoms with van der Waals surface area (Å²) in [6.45, 7) is 0. The Hall–Kier alpha value is -2.48. The standard InChI is InChI=1S/C23H26N4O4S2/c24-12-18-14-6-4-8-16(14)20(17-9-5-7-15(17)18)26-21(28)27-33(30,31)22-25-13-19(32-22)23(29)10-2-1-3-11-23/h13,29H,1-11H2,(H2,26,27,28). The largest absolute Gasteiger partial charge is 0.384 e. The number of amides is 2. The number of carbonyl (C=O) groups excluding carboxylic acids is 1. The van der Waals surface area contributed by atoms with E-state index in [1.807, 2.05) is 0 Å². The van der Waals surface area contributed by atoms with Crippen LogP contribution in [0.1, 0.15) is 77.6 Å². The highest BCUT2D eigenvalue weighted by Gasteiger charge is 2.35. The zero-order valence-electron chi connectivity index (χ0n) is 18.2. The monoisotopic (exact) mass is 486 g/mol. The molecular formula is C23H26N4O4S2. The third kappa shape index (κ3) is 3.92. The summed E-state index contributed by atoms with van der Waals surface area (Å²) in [7, 11) is -4.18. The van der Waals surface area contributed by atoms with Gasteiger partial charge in [-0.2, -0.15) is 13.7 Å². The summed E-state index contributed by atoms with van der Waals surface area (Å²) in [6, 6.07) is 1.51. The van der Waals surface area contributed by atoms with Gasteiger partial charge in [-0.1, -0.05) is 19.3 Å². The van der Waals surface area contributed by atoms with Crippen molar-refractivity contribution in [2.45, 2.75) is 80.6 Å². The van der Waals surface area contributed by atoms with Gasteiger partial charge in [-0.25, -0.2) is 14.5 Å². The summed E-state index contributed by atoms with van der Waals surface area (Å²) in [6.07, 6.45) is 10.3. The van der Waals surface area contributed by atoms with Crippen LogP contribution in [0, 0.1) is 11.3 Å². The fourth-order valence-electron chi connectivity index (χ4n) is 5.53. The maximum absolute atomic E-state index is 12.9. The highest BCUT2D eigenvalue weighted by atomic mass is 32.2. The number of aromatic nitrogens is 1. The number of thiazole rings is 1. The molecule has 1 saturated carbocycles. The molecule has 8 nitrogen and oxygen atoms in total. The molecule has 0 unspecified atom stereocenters. The number of hydrogen-bond acceptors (Lipinski definition) is 7. The molecule has 3 aliphatic carbocycles. The molecule has 1 aromatic carbocycles. The van der Waals surface area contributed by atoms with Gasteiger partial charge in [-0.3, -0.25) is 0 Å². The van der Waals surface area contributed by atoms with Crippen molar-refractivity contribution in [1.29, 1.82) is 5.26 Å². The first-order valence-corrected chi connectivity index (χ1v) is 13.7. The van der Waals surface area contributed by atoms with Crippen LogP contribution in [-0.4, -0.2) is 24.5 Å². The maximum Gasteiger partial charge on any atom is 0.333 e.